The van der Waals surface area contributed by atoms with Crippen molar-refractivity contribution in [2.75, 3.05) is 26.7 Å². The van der Waals surface area contributed by atoms with Crippen molar-refractivity contribution >= 4 is 29.6 Å². The van der Waals surface area contributed by atoms with Crippen molar-refractivity contribution in [3.8, 4) is 0 Å². The minimum Gasteiger partial charge on any atom is -0.355 e. The molecule has 0 radical (unpaired) electrons. The van der Waals surface area contributed by atoms with E-state index in [2.05, 4.69) is 15.5 Å². The molecule has 2 N–H and O–H groups in total. The Morgan fingerprint density at radius 2 is 1.73 bits per heavy atom. The Hall–Kier alpha value is -2.49. The molecule has 26 heavy (non-hydrogen) atoms. The van der Waals surface area contributed by atoms with E-state index in [1.807, 2.05) is 11.9 Å². The zero-order valence-corrected chi connectivity index (χ0v) is 14.8. The maximum atomic E-state index is 12.0. The van der Waals surface area contributed by atoms with Crippen LogP contribution >= 0.6 is 0 Å². The number of amides is 4. The quantitative estimate of drug-likeness (QED) is 0.510. The summed E-state index contributed by atoms with van der Waals surface area (Å²) >= 11 is 0. The fourth-order valence-corrected chi connectivity index (χ4v) is 2.86. The van der Waals surface area contributed by atoms with E-state index in [0.29, 0.717) is 5.06 Å². The number of carbonyl (C=O) groups excluding carboxylic acids is 5. The van der Waals surface area contributed by atoms with Crippen LogP contribution in [0.25, 0.3) is 0 Å². The van der Waals surface area contributed by atoms with Crippen molar-refractivity contribution in [2.24, 2.45) is 0 Å². The standard InChI is InChI=1S/C16H24N4O6/c1-19-10-2-3-11(19)16(25)18-8-6-12(21)17-9-7-15(24)26-20-13(22)4-5-14(20)23/h11H,2-10H2,1H3,(H,17,21)(H,18,25). The number of imide groups is 1. The molecule has 0 aromatic carbocycles. The fourth-order valence-electron chi connectivity index (χ4n) is 2.86. The van der Waals surface area contributed by atoms with Gasteiger partial charge in [0.05, 0.1) is 12.5 Å². The van der Waals surface area contributed by atoms with E-state index < -0.39 is 17.8 Å². The van der Waals surface area contributed by atoms with E-state index in [1.165, 1.54) is 0 Å². The monoisotopic (exact) mass is 368 g/mol. The minimum atomic E-state index is -0.772. The topological polar surface area (TPSA) is 125 Å². The van der Waals surface area contributed by atoms with Gasteiger partial charge in [-0.2, -0.15) is 0 Å². The van der Waals surface area contributed by atoms with E-state index in [0.717, 1.165) is 19.4 Å². The third kappa shape index (κ3) is 5.51. The molecule has 4 amide bonds. The van der Waals surface area contributed by atoms with Gasteiger partial charge in [-0.3, -0.25) is 24.1 Å². The number of carbonyl (C=O) groups is 5. The average Bonchev–Trinajstić information content (AvgIpc) is 3.15. The third-order valence-electron chi connectivity index (χ3n) is 4.32. The SMILES string of the molecule is CN1CCCC1C(=O)NCCC(=O)NCCC(=O)ON1C(=O)CCC1=O. The van der Waals surface area contributed by atoms with Gasteiger partial charge in [0, 0.05) is 32.4 Å². The van der Waals surface area contributed by atoms with Gasteiger partial charge in [0.2, 0.25) is 11.8 Å². The largest absolute Gasteiger partial charge is 0.355 e. The van der Waals surface area contributed by atoms with Crippen LogP contribution in [0.5, 0.6) is 0 Å². The van der Waals surface area contributed by atoms with Gasteiger partial charge in [0.15, 0.2) is 0 Å². The van der Waals surface area contributed by atoms with Crippen LogP contribution in [0.3, 0.4) is 0 Å². The van der Waals surface area contributed by atoms with Crippen LogP contribution in [0.15, 0.2) is 0 Å². The Morgan fingerprint density at radius 1 is 1.08 bits per heavy atom. The van der Waals surface area contributed by atoms with E-state index in [4.69, 9.17) is 0 Å². The molecule has 2 aliphatic heterocycles. The molecule has 2 saturated heterocycles. The van der Waals surface area contributed by atoms with Crippen LogP contribution in [0, 0.1) is 0 Å². The zero-order chi connectivity index (χ0) is 19.1. The molecule has 0 bridgehead atoms. The number of rotatable bonds is 8. The van der Waals surface area contributed by atoms with Gasteiger partial charge in [-0.05, 0) is 26.4 Å². The number of hydrogen-bond donors (Lipinski definition) is 2. The van der Waals surface area contributed by atoms with Crippen LogP contribution in [-0.4, -0.2) is 72.3 Å². The summed E-state index contributed by atoms with van der Waals surface area (Å²) in [5, 5.41) is 5.72. The van der Waals surface area contributed by atoms with E-state index in [1.54, 1.807) is 0 Å². The Balaban J connectivity index is 1.56. The smallest absolute Gasteiger partial charge is 0.334 e. The molecule has 0 aromatic rings. The maximum absolute atomic E-state index is 12.0. The molecule has 1 unspecified atom stereocenters. The number of hydrogen-bond acceptors (Lipinski definition) is 7. The van der Waals surface area contributed by atoms with Crippen molar-refractivity contribution in [1.29, 1.82) is 0 Å². The van der Waals surface area contributed by atoms with Gasteiger partial charge in [-0.15, -0.1) is 5.06 Å². The van der Waals surface area contributed by atoms with Gasteiger partial charge in [0.1, 0.15) is 0 Å². The van der Waals surface area contributed by atoms with Crippen LogP contribution in [0.1, 0.15) is 38.5 Å². The zero-order valence-electron chi connectivity index (χ0n) is 14.8. The molecule has 2 fully saturated rings. The lowest BCUT2D eigenvalue weighted by Crippen LogP contribution is -2.42. The summed E-state index contributed by atoms with van der Waals surface area (Å²) in [6, 6.07) is -0.135. The highest BCUT2D eigenvalue weighted by atomic mass is 16.7. The highest BCUT2D eigenvalue weighted by molar-refractivity contribution is 6.01. The summed E-state index contributed by atoms with van der Waals surface area (Å²) in [7, 11) is 1.90. The molecule has 2 rings (SSSR count). The summed E-state index contributed by atoms with van der Waals surface area (Å²) in [6.07, 6.45) is 1.80. The summed E-state index contributed by atoms with van der Waals surface area (Å²) in [6.45, 7) is 1.13. The first-order valence-electron chi connectivity index (χ1n) is 8.69. The third-order valence-corrected chi connectivity index (χ3v) is 4.32. The number of likely N-dealkylation sites (tertiary alicyclic amines) is 1. The van der Waals surface area contributed by atoms with Gasteiger partial charge in [-0.1, -0.05) is 0 Å². The number of hydroxylamine groups is 2. The summed E-state index contributed by atoms with van der Waals surface area (Å²) in [5.74, 6) is -2.26. The highest BCUT2D eigenvalue weighted by Crippen LogP contribution is 2.14. The second-order valence-electron chi connectivity index (χ2n) is 6.32. The summed E-state index contributed by atoms with van der Waals surface area (Å²) in [4.78, 5) is 64.5. The molecule has 2 heterocycles. The predicted molar refractivity (Wildman–Crippen MR) is 88.1 cm³/mol. The Bertz CT molecular complexity index is 577. The lowest BCUT2D eigenvalue weighted by molar-refractivity contribution is -0.197. The number of nitrogens with one attached hydrogen (secondary N) is 2. The molecule has 0 spiro atoms. The van der Waals surface area contributed by atoms with Crippen molar-refractivity contribution in [3.63, 3.8) is 0 Å². The van der Waals surface area contributed by atoms with Crippen molar-refractivity contribution in [2.45, 2.75) is 44.6 Å². The summed E-state index contributed by atoms with van der Waals surface area (Å²) in [5.41, 5.74) is 0. The molecular weight excluding hydrogens is 344 g/mol. The molecule has 0 aliphatic carbocycles. The van der Waals surface area contributed by atoms with Gasteiger partial charge < -0.3 is 15.5 Å². The molecule has 10 nitrogen and oxygen atoms in total. The first-order chi connectivity index (χ1) is 12.4. The lowest BCUT2D eigenvalue weighted by atomic mass is 10.2. The first-order valence-corrected chi connectivity index (χ1v) is 8.69. The Kier molecular flexibility index (Phi) is 7.07. The van der Waals surface area contributed by atoms with Crippen molar-refractivity contribution in [1.82, 2.24) is 20.6 Å². The van der Waals surface area contributed by atoms with Gasteiger partial charge in [-0.25, -0.2) is 4.79 Å². The fraction of sp³-hybridized carbons (Fsp3) is 0.688. The van der Waals surface area contributed by atoms with Crippen molar-refractivity contribution < 1.29 is 28.8 Å². The van der Waals surface area contributed by atoms with Crippen molar-refractivity contribution in [3.05, 3.63) is 0 Å². The maximum Gasteiger partial charge on any atom is 0.334 e. The van der Waals surface area contributed by atoms with Crippen LogP contribution < -0.4 is 10.6 Å². The molecule has 1 atom stereocenters. The van der Waals surface area contributed by atoms with E-state index >= 15 is 0 Å². The number of likely N-dealkylation sites (N-methyl/N-ethyl adjacent to an activating group) is 1. The van der Waals surface area contributed by atoms with Crippen LogP contribution in [-0.2, 0) is 28.8 Å². The second-order valence-corrected chi connectivity index (χ2v) is 6.32. The van der Waals surface area contributed by atoms with E-state index in [9.17, 15) is 24.0 Å². The highest BCUT2D eigenvalue weighted by Gasteiger charge is 2.32. The molecule has 144 valence electrons. The average molecular weight is 368 g/mol. The lowest BCUT2D eigenvalue weighted by Gasteiger charge is -2.18. The first kappa shape index (κ1) is 19.8. The molecule has 0 aromatic heterocycles. The number of nitrogens with zero attached hydrogens (tertiary/aromatic N) is 2. The van der Waals surface area contributed by atoms with Gasteiger partial charge in [0.25, 0.3) is 11.8 Å². The molecule has 10 heteroatoms. The predicted octanol–water partition coefficient (Wildman–Crippen LogP) is -1.30. The Labute approximate surface area is 151 Å². The van der Waals surface area contributed by atoms with Crippen LogP contribution in [0.4, 0.5) is 0 Å². The Morgan fingerprint density at radius 3 is 2.35 bits per heavy atom. The van der Waals surface area contributed by atoms with E-state index in [-0.39, 0.29) is 56.6 Å². The molecule has 0 saturated carbocycles. The normalized spacial score (nSPS) is 20.3. The second kappa shape index (κ2) is 9.27. The van der Waals surface area contributed by atoms with Crippen LogP contribution in [0.2, 0.25) is 0 Å². The minimum absolute atomic E-state index is 0.0210. The molecule has 2 aliphatic rings. The summed E-state index contributed by atoms with van der Waals surface area (Å²) < 4.78 is 0. The molecular formula is C16H24N4O6. The van der Waals surface area contributed by atoms with Gasteiger partial charge >= 0.3 is 5.97 Å².